The number of hydrogen-bond acceptors (Lipinski definition) is 3. The van der Waals surface area contributed by atoms with Crippen molar-refractivity contribution < 1.29 is 0 Å². The Balaban J connectivity index is 2.58. The number of para-hydroxylation sites is 1. The second-order valence-electron chi connectivity index (χ2n) is 4.83. The molecule has 2 aromatic rings. The van der Waals surface area contributed by atoms with Gasteiger partial charge in [-0.05, 0) is 26.0 Å². The van der Waals surface area contributed by atoms with E-state index < -0.39 is 0 Å². The van der Waals surface area contributed by atoms with Crippen molar-refractivity contribution in [2.75, 3.05) is 18.0 Å². The number of nitrogens with two attached hydrogens (primary N) is 1. The minimum absolute atomic E-state index is 0.461. The molecule has 19 heavy (non-hydrogen) atoms. The van der Waals surface area contributed by atoms with Gasteiger partial charge in [-0.1, -0.05) is 30.4 Å². The van der Waals surface area contributed by atoms with Gasteiger partial charge in [-0.25, -0.2) is 0 Å². The highest BCUT2D eigenvalue weighted by Crippen LogP contribution is 2.27. The van der Waals surface area contributed by atoms with Gasteiger partial charge in [0.05, 0.1) is 11.2 Å². The van der Waals surface area contributed by atoms with E-state index in [0.717, 1.165) is 29.9 Å². The van der Waals surface area contributed by atoms with Crippen LogP contribution in [0.15, 0.2) is 42.5 Å². The smallest absolute Gasteiger partial charge is 0.0726 e. The lowest BCUT2D eigenvalue weighted by atomic mass is 10.1. The van der Waals surface area contributed by atoms with Crippen LogP contribution in [0.25, 0.3) is 10.9 Å². The molecule has 0 atom stereocenters. The van der Waals surface area contributed by atoms with Crippen molar-refractivity contribution in [1.29, 1.82) is 0 Å². The maximum Gasteiger partial charge on any atom is 0.0726 e. The third-order valence-electron chi connectivity index (χ3n) is 3.14. The molecule has 0 aliphatic rings. The van der Waals surface area contributed by atoms with Gasteiger partial charge < -0.3 is 10.6 Å². The largest absolute Gasteiger partial charge is 0.367 e. The third kappa shape index (κ3) is 2.93. The van der Waals surface area contributed by atoms with Crippen molar-refractivity contribution in [3.05, 3.63) is 48.2 Å². The highest BCUT2D eigenvalue weighted by molar-refractivity contribution is 5.92. The topological polar surface area (TPSA) is 42.1 Å². The number of hydrogen-bond donors (Lipinski definition) is 1. The molecular formula is C16H21N3. The van der Waals surface area contributed by atoms with Crippen LogP contribution < -0.4 is 10.6 Å². The van der Waals surface area contributed by atoms with E-state index in [4.69, 9.17) is 5.73 Å². The summed E-state index contributed by atoms with van der Waals surface area (Å²) < 4.78 is 0. The maximum atomic E-state index is 5.75. The lowest BCUT2D eigenvalue weighted by Crippen LogP contribution is -2.25. The second kappa shape index (κ2) is 5.85. The molecule has 0 saturated heterocycles. The number of nitrogens with zero attached hydrogens (tertiary/aromatic N) is 2. The molecule has 0 spiro atoms. The Labute approximate surface area is 114 Å². The van der Waals surface area contributed by atoms with Crippen molar-refractivity contribution >= 4 is 16.6 Å². The van der Waals surface area contributed by atoms with Gasteiger partial charge in [0.1, 0.15) is 0 Å². The second-order valence-corrected chi connectivity index (χ2v) is 4.83. The standard InChI is InChI=1S/C16H21N3/c1-4-19(11-12(2)3)16-9-13(10-17)18-15-8-6-5-7-14(15)16/h5-9H,2,4,10-11,17H2,1,3H3. The average molecular weight is 255 g/mol. The molecule has 0 amide bonds. The Morgan fingerprint density at radius 3 is 2.74 bits per heavy atom. The van der Waals surface area contributed by atoms with Crippen molar-refractivity contribution in [1.82, 2.24) is 4.98 Å². The molecule has 1 aromatic heterocycles. The van der Waals surface area contributed by atoms with Crippen LogP contribution in [0.3, 0.4) is 0 Å². The Hall–Kier alpha value is -1.87. The van der Waals surface area contributed by atoms with Crippen LogP contribution in [0, 0.1) is 0 Å². The highest BCUT2D eigenvalue weighted by atomic mass is 15.1. The van der Waals surface area contributed by atoms with Crippen molar-refractivity contribution in [2.24, 2.45) is 5.73 Å². The van der Waals surface area contributed by atoms with Crippen molar-refractivity contribution in [3.63, 3.8) is 0 Å². The number of fused-ring (bicyclic) bond motifs is 1. The SMILES string of the molecule is C=C(C)CN(CC)c1cc(CN)nc2ccccc12. The first-order valence-corrected chi connectivity index (χ1v) is 6.63. The summed E-state index contributed by atoms with van der Waals surface area (Å²) in [7, 11) is 0. The zero-order chi connectivity index (χ0) is 13.8. The molecule has 100 valence electrons. The summed E-state index contributed by atoms with van der Waals surface area (Å²) in [5.74, 6) is 0. The molecule has 1 heterocycles. The summed E-state index contributed by atoms with van der Waals surface area (Å²) in [4.78, 5) is 6.89. The number of anilines is 1. The molecule has 0 aliphatic heterocycles. The van der Waals surface area contributed by atoms with E-state index in [9.17, 15) is 0 Å². The van der Waals surface area contributed by atoms with Crippen LogP contribution in [-0.2, 0) is 6.54 Å². The van der Waals surface area contributed by atoms with Gasteiger partial charge in [0, 0.05) is 30.7 Å². The van der Waals surface area contributed by atoms with Gasteiger partial charge in [-0.15, -0.1) is 0 Å². The normalized spacial score (nSPS) is 10.7. The van der Waals surface area contributed by atoms with Crippen LogP contribution in [0.5, 0.6) is 0 Å². The predicted octanol–water partition coefficient (Wildman–Crippen LogP) is 3.10. The van der Waals surface area contributed by atoms with E-state index in [0.29, 0.717) is 6.54 Å². The fourth-order valence-electron chi connectivity index (χ4n) is 2.27. The zero-order valence-corrected chi connectivity index (χ0v) is 11.7. The molecule has 0 unspecified atom stereocenters. The van der Waals surface area contributed by atoms with Crippen molar-refractivity contribution in [2.45, 2.75) is 20.4 Å². The number of aromatic nitrogens is 1. The van der Waals surface area contributed by atoms with Crippen LogP contribution >= 0.6 is 0 Å². The monoisotopic (exact) mass is 255 g/mol. The molecule has 0 saturated carbocycles. The molecule has 3 heteroatoms. The first-order chi connectivity index (χ1) is 9.15. The Kier molecular flexibility index (Phi) is 4.17. The molecule has 0 fully saturated rings. The molecule has 2 N–H and O–H groups in total. The van der Waals surface area contributed by atoms with Crippen LogP contribution in [0.4, 0.5) is 5.69 Å². The maximum absolute atomic E-state index is 5.75. The van der Waals surface area contributed by atoms with E-state index in [1.54, 1.807) is 0 Å². The van der Waals surface area contributed by atoms with Gasteiger partial charge in [0.2, 0.25) is 0 Å². The van der Waals surface area contributed by atoms with E-state index in [1.165, 1.54) is 11.1 Å². The quantitative estimate of drug-likeness (QED) is 0.835. The summed E-state index contributed by atoms with van der Waals surface area (Å²) >= 11 is 0. The van der Waals surface area contributed by atoms with E-state index in [-0.39, 0.29) is 0 Å². The molecule has 0 aliphatic carbocycles. The predicted molar refractivity (Wildman–Crippen MR) is 82.3 cm³/mol. The molecule has 3 nitrogen and oxygen atoms in total. The Morgan fingerprint density at radius 1 is 1.37 bits per heavy atom. The fraction of sp³-hybridized carbons (Fsp3) is 0.312. The minimum Gasteiger partial charge on any atom is -0.367 e. The first-order valence-electron chi connectivity index (χ1n) is 6.63. The highest BCUT2D eigenvalue weighted by Gasteiger charge is 2.11. The van der Waals surface area contributed by atoms with Gasteiger partial charge in [-0.2, -0.15) is 0 Å². The Morgan fingerprint density at radius 2 is 2.11 bits per heavy atom. The van der Waals surface area contributed by atoms with E-state index >= 15 is 0 Å². The third-order valence-corrected chi connectivity index (χ3v) is 3.14. The molecular weight excluding hydrogens is 234 g/mol. The van der Waals surface area contributed by atoms with Crippen LogP contribution in [0.1, 0.15) is 19.5 Å². The van der Waals surface area contributed by atoms with E-state index in [2.05, 4.69) is 42.4 Å². The summed E-state index contributed by atoms with van der Waals surface area (Å²) in [6.07, 6.45) is 0. The molecule has 1 aromatic carbocycles. The lowest BCUT2D eigenvalue weighted by Gasteiger charge is -2.25. The fourth-order valence-corrected chi connectivity index (χ4v) is 2.27. The summed E-state index contributed by atoms with van der Waals surface area (Å²) in [6.45, 7) is 10.5. The van der Waals surface area contributed by atoms with Crippen LogP contribution in [-0.4, -0.2) is 18.1 Å². The Bertz CT molecular complexity index is 590. The van der Waals surface area contributed by atoms with Gasteiger partial charge in [0.15, 0.2) is 0 Å². The number of rotatable bonds is 5. The number of likely N-dealkylation sites (N-methyl/N-ethyl adjacent to an activating group) is 1. The van der Waals surface area contributed by atoms with Crippen molar-refractivity contribution in [3.8, 4) is 0 Å². The number of pyridine rings is 1. The molecule has 2 rings (SSSR count). The van der Waals surface area contributed by atoms with Crippen LogP contribution in [0.2, 0.25) is 0 Å². The summed E-state index contributed by atoms with van der Waals surface area (Å²) in [6, 6.07) is 10.3. The molecule has 0 bridgehead atoms. The summed E-state index contributed by atoms with van der Waals surface area (Å²) in [5, 5.41) is 1.17. The van der Waals surface area contributed by atoms with E-state index in [1.807, 2.05) is 18.2 Å². The van der Waals surface area contributed by atoms with Gasteiger partial charge in [-0.3, -0.25) is 4.98 Å². The molecule has 0 radical (unpaired) electrons. The average Bonchev–Trinajstić information content (AvgIpc) is 2.43. The first kappa shape index (κ1) is 13.6. The lowest BCUT2D eigenvalue weighted by molar-refractivity contribution is 0.879. The number of benzene rings is 1. The van der Waals surface area contributed by atoms with Gasteiger partial charge >= 0.3 is 0 Å². The van der Waals surface area contributed by atoms with Gasteiger partial charge in [0.25, 0.3) is 0 Å². The minimum atomic E-state index is 0.461. The summed E-state index contributed by atoms with van der Waals surface area (Å²) in [5.41, 5.74) is 10.0. The zero-order valence-electron chi connectivity index (χ0n) is 11.7.